The molecule has 0 spiro atoms. The zero-order chi connectivity index (χ0) is 5.15. The van der Waals surface area contributed by atoms with Crippen molar-refractivity contribution in [1.82, 2.24) is 0 Å². The molecule has 0 aromatic rings. The molecule has 0 heterocycles. The maximum absolute atomic E-state index is 10.3. The van der Waals surface area contributed by atoms with E-state index in [9.17, 15) is 17.6 Å². The van der Waals surface area contributed by atoms with Gasteiger partial charge in [0.1, 0.15) is 0 Å². The summed E-state index contributed by atoms with van der Waals surface area (Å²) in [5, 5.41) is 0. The first-order valence-corrected chi connectivity index (χ1v) is 1.01. The van der Waals surface area contributed by atoms with Gasteiger partial charge in [0.2, 0.25) is 0 Å². The third kappa shape index (κ3) is 5.37. The van der Waals surface area contributed by atoms with Crippen molar-refractivity contribution in [3.05, 3.63) is 12.2 Å². The van der Waals surface area contributed by atoms with Crippen LogP contribution >= 0.6 is 0 Å². The molecule has 0 saturated carbocycles. The monoisotopic (exact) mass is 104 g/mol. The van der Waals surface area contributed by atoms with E-state index in [-0.39, 0.29) is 6.15 Å². The van der Waals surface area contributed by atoms with Gasteiger partial charge in [0.25, 0.3) is 0 Å². The Bertz CT molecular complexity index is 59.8. The van der Waals surface area contributed by atoms with Gasteiger partial charge in [-0.1, -0.05) is 0 Å². The summed E-state index contributed by atoms with van der Waals surface area (Å²) in [6.07, 6.45) is -5.81. The Morgan fingerprint density at radius 1 is 0.714 bits per heavy atom. The number of hydrogen-bond donors (Lipinski definition) is 0. The fourth-order valence-electron chi connectivity index (χ4n) is 0. The molecule has 0 saturated heterocycles. The topological polar surface area (TPSA) is 0 Å². The van der Waals surface area contributed by atoms with Gasteiger partial charge in [-0.15, -0.1) is 0 Å². The van der Waals surface area contributed by atoms with Crippen LogP contribution in [0.5, 0.6) is 0 Å². The Morgan fingerprint density at radius 2 is 0.857 bits per heavy atom. The first kappa shape index (κ1) is 9.62. The summed E-state index contributed by atoms with van der Waals surface area (Å²) in [4.78, 5) is 0. The first-order valence-electron chi connectivity index (χ1n) is 1.01. The zero-order valence-electron chi connectivity index (χ0n) is 3.22. The molecule has 0 aliphatic carbocycles. The molecule has 0 N–H and O–H groups in total. The van der Waals surface area contributed by atoms with Crippen LogP contribution in [0.15, 0.2) is 12.2 Å². The fraction of sp³-hybridized carbons (Fsp3) is 0. The molecule has 0 fully saturated rings. The second kappa shape index (κ2) is 3.56. The summed E-state index contributed by atoms with van der Waals surface area (Å²) >= 11 is 0. The second-order valence-electron chi connectivity index (χ2n) is 0.521. The van der Waals surface area contributed by atoms with Crippen molar-refractivity contribution in [1.29, 1.82) is 0 Å². The van der Waals surface area contributed by atoms with Gasteiger partial charge in [-0.2, -0.15) is 17.6 Å². The van der Waals surface area contributed by atoms with Crippen molar-refractivity contribution in [3.8, 4) is 0 Å². The maximum Gasteiger partial charge on any atom is 0.334 e. The van der Waals surface area contributed by atoms with Crippen molar-refractivity contribution in [2.45, 2.75) is 0 Å². The minimum atomic E-state index is -2.91. The van der Waals surface area contributed by atoms with E-state index in [2.05, 4.69) is 0 Å². The van der Waals surface area contributed by atoms with E-state index < -0.39 is 12.2 Å². The largest absolute Gasteiger partial charge is 0.334 e. The number of rotatable bonds is 0. The van der Waals surface area contributed by atoms with Crippen LogP contribution < -0.4 is 0 Å². The average Bonchev–Trinajstić information content (AvgIpc) is 1.36. The predicted molar refractivity (Wildman–Crippen MR) is 11.5 cm³/mol. The molecule has 0 amide bonds. The Hall–Kier alpha value is -0.631. The van der Waals surface area contributed by atoms with Gasteiger partial charge in [-0.05, 0) is 0 Å². The molecular formula is C2F4He. The molecule has 0 aromatic heterocycles. The molecule has 0 nitrogen and oxygen atoms in total. The minimum Gasteiger partial charge on any atom is -0.167 e. The quantitative estimate of drug-likeness (QED) is 0.412. The standard InChI is InChI=1S/C2F4.He/c3-1(4)2(5)6;. The van der Waals surface area contributed by atoms with Crippen molar-refractivity contribution in [2.24, 2.45) is 0 Å². The molecule has 0 bridgehead atoms. The summed E-state index contributed by atoms with van der Waals surface area (Å²) in [7, 11) is 0. The summed E-state index contributed by atoms with van der Waals surface area (Å²) in [5.74, 6) is 0. The van der Waals surface area contributed by atoms with Gasteiger partial charge in [0, 0.05) is 6.15 Å². The molecule has 0 radical (unpaired) electrons. The zero-order valence-corrected chi connectivity index (χ0v) is 3.22. The molecule has 7 heavy (non-hydrogen) atoms. The van der Waals surface area contributed by atoms with E-state index in [1.807, 2.05) is 0 Å². The normalized spacial score (nSPS) is 6.86. The second-order valence-corrected chi connectivity index (χ2v) is 0.521. The van der Waals surface area contributed by atoms with Gasteiger partial charge >= 0.3 is 12.2 Å². The van der Waals surface area contributed by atoms with Crippen LogP contribution in [0.2, 0.25) is 0 Å². The number of hydrogen-bond acceptors (Lipinski definition) is 0. The van der Waals surface area contributed by atoms with E-state index in [0.717, 1.165) is 0 Å². The van der Waals surface area contributed by atoms with Crippen LogP contribution in [0.25, 0.3) is 0 Å². The van der Waals surface area contributed by atoms with Gasteiger partial charge in [0.15, 0.2) is 0 Å². The minimum absolute atomic E-state index is 0. The summed E-state index contributed by atoms with van der Waals surface area (Å²) in [6.45, 7) is 0. The molecule has 0 atom stereocenters. The Labute approximate surface area is 37.2 Å². The van der Waals surface area contributed by atoms with E-state index in [4.69, 9.17) is 0 Å². The van der Waals surface area contributed by atoms with Crippen molar-refractivity contribution in [2.75, 3.05) is 0 Å². The summed E-state index contributed by atoms with van der Waals surface area (Å²) in [6, 6.07) is 0. The van der Waals surface area contributed by atoms with E-state index in [0.29, 0.717) is 0 Å². The molecular weight excluding hydrogens is 104 g/mol. The van der Waals surface area contributed by atoms with Gasteiger partial charge in [-0.25, -0.2) is 0 Å². The van der Waals surface area contributed by atoms with Crippen LogP contribution in [-0.2, 0) is 0 Å². The van der Waals surface area contributed by atoms with Gasteiger partial charge in [0.05, 0.1) is 0 Å². The van der Waals surface area contributed by atoms with Crippen LogP contribution in [0.4, 0.5) is 17.6 Å². The third-order valence-corrected chi connectivity index (χ3v) is 0.143. The number of halogens is 4. The fourth-order valence-corrected chi connectivity index (χ4v) is 0. The summed E-state index contributed by atoms with van der Waals surface area (Å²) < 4.78 is 41.1. The first-order chi connectivity index (χ1) is 2.64. The van der Waals surface area contributed by atoms with Gasteiger partial charge in [-0.3, -0.25) is 0 Å². The molecule has 0 rings (SSSR count). The van der Waals surface area contributed by atoms with E-state index in [1.54, 1.807) is 0 Å². The van der Waals surface area contributed by atoms with Crippen molar-refractivity contribution in [3.63, 3.8) is 0 Å². The maximum atomic E-state index is 10.3. The average molecular weight is 104 g/mol. The van der Waals surface area contributed by atoms with Crippen molar-refractivity contribution < 1.29 is 23.7 Å². The SMILES string of the molecule is FC(F)=C(F)F.[He]. The van der Waals surface area contributed by atoms with Crippen LogP contribution in [0, 0.1) is 6.15 Å². The molecule has 38 valence electrons. The Balaban J connectivity index is 0. The molecule has 0 unspecified atom stereocenters. The third-order valence-electron chi connectivity index (χ3n) is 0.143. The van der Waals surface area contributed by atoms with Crippen LogP contribution in [0.1, 0.15) is 0 Å². The van der Waals surface area contributed by atoms with E-state index >= 15 is 0 Å². The molecule has 5 heteroatoms. The predicted octanol–water partition coefficient (Wildman–Crippen LogP) is 1.99. The van der Waals surface area contributed by atoms with Crippen LogP contribution in [0.3, 0.4) is 0 Å². The molecule has 0 aliphatic heterocycles. The smallest absolute Gasteiger partial charge is 0.167 e. The Kier molecular flexibility index (Phi) is 4.89. The van der Waals surface area contributed by atoms with Gasteiger partial charge < -0.3 is 0 Å². The molecule has 0 aliphatic rings. The Morgan fingerprint density at radius 3 is 0.857 bits per heavy atom. The van der Waals surface area contributed by atoms with Crippen molar-refractivity contribution >= 4 is 0 Å². The molecule has 0 aromatic carbocycles. The van der Waals surface area contributed by atoms with E-state index in [1.165, 1.54) is 0 Å². The van der Waals surface area contributed by atoms with Crippen LogP contribution in [-0.4, -0.2) is 0 Å². The summed E-state index contributed by atoms with van der Waals surface area (Å²) in [5.41, 5.74) is 0.